The van der Waals surface area contributed by atoms with Crippen LogP contribution in [0.25, 0.3) is 11.1 Å². The van der Waals surface area contributed by atoms with Gasteiger partial charge < -0.3 is 4.74 Å². The zero-order valence-electron chi connectivity index (χ0n) is 18.2. The maximum absolute atomic E-state index is 14.8. The summed E-state index contributed by atoms with van der Waals surface area (Å²) in [6, 6.07) is 8.05. The van der Waals surface area contributed by atoms with Gasteiger partial charge in [0, 0.05) is 11.6 Å². The molecule has 2 aromatic carbocycles. The Labute approximate surface area is 192 Å². The van der Waals surface area contributed by atoms with Gasteiger partial charge in [0.2, 0.25) is 0 Å². The number of aryl methyl sites for hydroxylation is 1. The zero-order chi connectivity index (χ0) is 24.9. The van der Waals surface area contributed by atoms with Crippen molar-refractivity contribution in [3.8, 4) is 28.7 Å². The fourth-order valence-electron chi connectivity index (χ4n) is 3.51. The topological polar surface area (TPSA) is 9.23 Å². The third kappa shape index (κ3) is 6.43. The molecular formula is C26H21F7O. The van der Waals surface area contributed by atoms with Crippen molar-refractivity contribution in [1.29, 1.82) is 0 Å². The summed E-state index contributed by atoms with van der Waals surface area (Å²) in [5, 5.41) is 0. The largest absolute Gasteiger partial charge is 0.573 e. The number of allylic oxidation sites excluding steroid dienone is 4. The SMILES string of the molecule is CCCCCc1ccc(-c2cc(OC(F)(F)F)cc(F)c2C#CC2C(F)=CC=CC2(F)F)cc1. The maximum Gasteiger partial charge on any atom is 0.573 e. The van der Waals surface area contributed by atoms with Crippen molar-refractivity contribution in [3.05, 3.63) is 77.4 Å². The Morgan fingerprint density at radius 2 is 1.74 bits per heavy atom. The van der Waals surface area contributed by atoms with Crippen LogP contribution in [0.5, 0.6) is 5.75 Å². The molecule has 0 aromatic heterocycles. The molecule has 3 rings (SSSR count). The molecule has 1 nitrogen and oxygen atoms in total. The second-order valence-electron chi connectivity index (χ2n) is 7.82. The summed E-state index contributed by atoms with van der Waals surface area (Å²) in [4.78, 5) is 0. The quantitative estimate of drug-likeness (QED) is 0.229. The molecule has 0 fully saturated rings. The number of alkyl halides is 5. The molecule has 0 amide bonds. The Morgan fingerprint density at radius 3 is 2.35 bits per heavy atom. The molecule has 180 valence electrons. The van der Waals surface area contributed by atoms with Crippen LogP contribution in [0.1, 0.15) is 37.3 Å². The first-order valence-electron chi connectivity index (χ1n) is 10.6. The van der Waals surface area contributed by atoms with E-state index in [1.807, 2.05) is 5.92 Å². The molecule has 1 unspecified atom stereocenters. The van der Waals surface area contributed by atoms with E-state index in [0.29, 0.717) is 17.7 Å². The van der Waals surface area contributed by atoms with Crippen molar-refractivity contribution in [3.63, 3.8) is 0 Å². The van der Waals surface area contributed by atoms with Crippen LogP contribution in [0.2, 0.25) is 0 Å². The molecule has 34 heavy (non-hydrogen) atoms. The van der Waals surface area contributed by atoms with Crippen molar-refractivity contribution < 1.29 is 35.5 Å². The fraction of sp³-hybridized carbons (Fsp3) is 0.308. The average molecular weight is 482 g/mol. The second-order valence-corrected chi connectivity index (χ2v) is 7.82. The van der Waals surface area contributed by atoms with Gasteiger partial charge in [-0.25, -0.2) is 17.6 Å². The average Bonchev–Trinajstić information content (AvgIpc) is 2.73. The predicted molar refractivity (Wildman–Crippen MR) is 115 cm³/mol. The first-order valence-corrected chi connectivity index (χ1v) is 10.6. The van der Waals surface area contributed by atoms with Crippen LogP contribution in [0.4, 0.5) is 30.7 Å². The van der Waals surface area contributed by atoms with Crippen LogP contribution in [-0.4, -0.2) is 12.3 Å². The van der Waals surface area contributed by atoms with Crippen molar-refractivity contribution in [1.82, 2.24) is 0 Å². The highest BCUT2D eigenvalue weighted by Crippen LogP contribution is 2.36. The van der Waals surface area contributed by atoms with Gasteiger partial charge in [0.1, 0.15) is 23.3 Å². The third-order valence-corrected chi connectivity index (χ3v) is 5.21. The number of hydrogen-bond donors (Lipinski definition) is 0. The highest BCUT2D eigenvalue weighted by molar-refractivity contribution is 5.73. The lowest BCUT2D eigenvalue weighted by atomic mass is 9.93. The number of benzene rings is 2. The molecule has 1 aliphatic rings. The minimum absolute atomic E-state index is 0.0917. The molecule has 0 N–H and O–H groups in total. The van der Waals surface area contributed by atoms with E-state index in [4.69, 9.17) is 0 Å². The van der Waals surface area contributed by atoms with Gasteiger partial charge in [0.15, 0.2) is 0 Å². The van der Waals surface area contributed by atoms with Crippen molar-refractivity contribution in [2.24, 2.45) is 5.92 Å². The summed E-state index contributed by atoms with van der Waals surface area (Å²) in [5.74, 6) is -4.73. The van der Waals surface area contributed by atoms with Crippen LogP contribution in [0.15, 0.2) is 60.5 Å². The monoisotopic (exact) mass is 482 g/mol. The molecule has 0 heterocycles. The number of hydrogen-bond acceptors (Lipinski definition) is 1. The van der Waals surface area contributed by atoms with Crippen molar-refractivity contribution in [2.75, 3.05) is 0 Å². The van der Waals surface area contributed by atoms with Gasteiger partial charge in [-0.1, -0.05) is 61.9 Å². The summed E-state index contributed by atoms with van der Waals surface area (Å²) >= 11 is 0. The summed E-state index contributed by atoms with van der Waals surface area (Å²) in [6.07, 6.45) is 0.916. The lowest BCUT2D eigenvalue weighted by Gasteiger charge is -2.20. The molecular weight excluding hydrogens is 461 g/mol. The van der Waals surface area contributed by atoms with E-state index >= 15 is 0 Å². The van der Waals surface area contributed by atoms with Gasteiger partial charge in [-0.15, -0.1) is 13.2 Å². The van der Waals surface area contributed by atoms with Gasteiger partial charge in [0.25, 0.3) is 5.92 Å². The molecule has 0 saturated carbocycles. The Hall–Kier alpha value is -3.21. The molecule has 0 bridgehead atoms. The molecule has 2 aromatic rings. The van der Waals surface area contributed by atoms with Crippen molar-refractivity contribution in [2.45, 2.75) is 44.9 Å². The minimum atomic E-state index is -5.07. The summed E-state index contributed by atoms with van der Waals surface area (Å²) in [5.41, 5.74) is 0.757. The Balaban J connectivity index is 2.05. The Bertz CT molecular complexity index is 1130. The minimum Gasteiger partial charge on any atom is -0.406 e. The van der Waals surface area contributed by atoms with E-state index in [1.165, 1.54) is 0 Å². The molecule has 0 aliphatic heterocycles. The van der Waals surface area contributed by atoms with Crippen LogP contribution >= 0.6 is 0 Å². The number of unbranched alkanes of at least 4 members (excludes halogenated alkanes) is 2. The Morgan fingerprint density at radius 1 is 1.03 bits per heavy atom. The molecule has 1 aliphatic carbocycles. The first-order chi connectivity index (χ1) is 16.0. The smallest absolute Gasteiger partial charge is 0.406 e. The maximum atomic E-state index is 14.8. The van der Waals surface area contributed by atoms with Crippen LogP contribution < -0.4 is 4.74 Å². The van der Waals surface area contributed by atoms with Crippen LogP contribution in [0.3, 0.4) is 0 Å². The van der Waals surface area contributed by atoms with E-state index in [1.54, 1.807) is 24.3 Å². The van der Waals surface area contributed by atoms with E-state index in [2.05, 4.69) is 17.6 Å². The number of rotatable bonds is 6. The third-order valence-electron chi connectivity index (χ3n) is 5.21. The number of halogens is 7. The van der Waals surface area contributed by atoms with Gasteiger partial charge in [-0.3, -0.25) is 0 Å². The van der Waals surface area contributed by atoms with Gasteiger partial charge in [-0.05, 0) is 42.2 Å². The number of ether oxygens (including phenoxy) is 1. The predicted octanol–water partition coefficient (Wildman–Crippen LogP) is 8.15. The Kier molecular flexibility index (Phi) is 7.75. The van der Waals surface area contributed by atoms with Gasteiger partial charge in [0.05, 0.1) is 5.56 Å². The van der Waals surface area contributed by atoms with E-state index in [0.717, 1.165) is 49.5 Å². The fourth-order valence-corrected chi connectivity index (χ4v) is 3.51. The van der Waals surface area contributed by atoms with E-state index in [9.17, 15) is 30.7 Å². The first kappa shape index (κ1) is 25.4. The second kappa shape index (κ2) is 10.4. The van der Waals surface area contributed by atoms with Crippen LogP contribution in [-0.2, 0) is 6.42 Å². The van der Waals surface area contributed by atoms with E-state index in [-0.39, 0.29) is 5.56 Å². The lowest BCUT2D eigenvalue weighted by molar-refractivity contribution is -0.274. The highest BCUT2D eigenvalue weighted by Gasteiger charge is 2.40. The molecule has 0 saturated heterocycles. The normalized spacial score (nSPS) is 17.1. The standard InChI is InChI=1S/C26H21F7O/c1-2-3-4-6-17-8-10-18(11-9-17)21-15-19(34-26(31,32)33)16-24(28)20(21)12-13-22-23(27)7-5-14-25(22,29)30/h5,7-11,14-16,22H,2-4,6H2,1H3. The molecule has 0 radical (unpaired) electrons. The summed E-state index contributed by atoms with van der Waals surface area (Å²) in [6.45, 7) is 2.07. The highest BCUT2D eigenvalue weighted by atomic mass is 19.4. The molecule has 1 atom stereocenters. The summed E-state index contributed by atoms with van der Waals surface area (Å²) < 4.78 is 98.9. The molecule has 0 spiro atoms. The van der Waals surface area contributed by atoms with Gasteiger partial charge >= 0.3 is 6.36 Å². The van der Waals surface area contributed by atoms with Gasteiger partial charge in [-0.2, -0.15) is 0 Å². The zero-order valence-corrected chi connectivity index (χ0v) is 18.2. The molecule has 8 heteroatoms. The lowest BCUT2D eigenvalue weighted by Crippen LogP contribution is -2.27. The van der Waals surface area contributed by atoms with Crippen molar-refractivity contribution >= 4 is 0 Å². The summed E-state index contributed by atoms with van der Waals surface area (Å²) in [7, 11) is 0. The van der Waals surface area contributed by atoms with Crippen LogP contribution in [0, 0.1) is 23.6 Å². The van der Waals surface area contributed by atoms with E-state index < -0.39 is 41.2 Å².